The van der Waals surface area contributed by atoms with Crippen LogP contribution in [-0.2, 0) is 14.8 Å². The Balaban J connectivity index is 1.95. The number of carbonyl (C=O) groups is 1. The summed E-state index contributed by atoms with van der Waals surface area (Å²) < 4.78 is 28.2. The van der Waals surface area contributed by atoms with Crippen molar-refractivity contribution in [3.05, 3.63) is 59.7 Å². The highest BCUT2D eigenvalue weighted by Crippen LogP contribution is 2.17. The molecule has 0 aliphatic heterocycles. The molecule has 1 atom stereocenters. The van der Waals surface area contributed by atoms with Crippen LogP contribution < -0.4 is 15.2 Å². The van der Waals surface area contributed by atoms with E-state index in [0.29, 0.717) is 11.3 Å². The molecule has 0 aliphatic carbocycles. The van der Waals surface area contributed by atoms with E-state index in [9.17, 15) is 13.2 Å². The quantitative estimate of drug-likeness (QED) is 0.833. The highest BCUT2D eigenvalue weighted by atomic mass is 32.2. The number of ether oxygens (including phenoxy) is 1. The number of primary sulfonamides is 1. The van der Waals surface area contributed by atoms with Gasteiger partial charge in [0, 0.05) is 0 Å². The van der Waals surface area contributed by atoms with Crippen molar-refractivity contribution in [1.29, 1.82) is 0 Å². The minimum Gasteiger partial charge on any atom is -0.484 e. The monoisotopic (exact) mass is 348 g/mol. The number of nitrogens with one attached hydrogen (secondary N) is 1. The lowest BCUT2D eigenvalue weighted by molar-refractivity contribution is -0.123. The molecule has 0 aromatic heterocycles. The van der Waals surface area contributed by atoms with Gasteiger partial charge in [-0.25, -0.2) is 13.6 Å². The topological polar surface area (TPSA) is 98.5 Å². The van der Waals surface area contributed by atoms with Gasteiger partial charge in [-0.3, -0.25) is 4.79 Å². The molecule has 0 heterocycles. The number of aryl methyl sites for hydroxylation is 1. The number of amides is 1. The molecule has 7 heteroatoms. The van der Waals surface area contributed by atoms with Crippen molar-refractivity contribution >= 4 is 15.9 Å². The van der Waals surface area contributed by atoms with Crippen molar-refractivity contribution in [2.75, 3.05) is 6.61 Å². The second-order valence-corrected chi connectivity index (χ2v) is 7.07. The third-order valence-electron chi connectivity index (χ3n) is 3.46. The SMILES string of the molecule is Cc1ccc(OCC(=O)NC(C)c2cccc(S(N)(=O)=O)c2)cc1. The molecule has 0 fully saturated rings. The molecule has 2 aromatic rings. The zero-order valence-corrected chi connectivity index (χ0v) is 14.3. The van der Waals surface area contributed by atoms with Gasteiger partial charge in [-0.2, -0.15) is 0 Å². The predicted octanol–water partition coefficient (Wildman–Crippen LogP) is 1.90. The molecule has 0 aliphatic rings. The van der Waals surface area contributed by atoms with Crippen molar-refractivity contribution in [3.63, 3.8) is 0 Å². The van der Waals surface area contributed by atoms with Crippen molar-refractivity contribution < 1.29 is 17.9 Å². The third kappa shape index (κ3) is 5.07. The largest absolute Gasteiger partial charge is 0.484 e. The summed E-state index contributed by atoms with van der Waals surface area (Å²) in [5.41, 5.74) is 1.75. The van der Waals surface area contributed by atoms with Crippen LogP contribution in [0.2, 0.25) is 0 Å². The summed E-state index contributed by atoms with van der Waals surface area (Å²) in [6, 6.07) is 13.2. The number of rotatable bonds is 6. The Hall–Kier alpha value is -2.38. The molecule has 0 spiro atoms. The zero-order chi connectivity index (χ0) is 17.7. The third-order valence-corrected chi connectivity index (χ3v) is 4.37. The standard InChI is InChI=1S/C17H20N2O4S/c1-12-6-8-15(9-7-12)23-11-17(20)19-13(2)14-4-3-5-16(10-14)24(18,21)22/h3-10,13H,11H2,1-2H3,(H,19,20)(H2,18,21,22). The average Bonchev–Trinajstić information content (AvgIpc) is 2.53. The summed E-state index contributed by atoms with van der Waals surface area (Å²) >= 11 is 0. The Kier molecular flexibility index (Phi) is 5.58. The van der Waals surface area contributed by atoms with E-state index >= 15 is 0 Å². The molecule has 3 N–H and O–H groups in total. The molecular formula is C17H20N2O4S. The van der Waals surface area contributed by atoms with Gasteiger partial charge < -0.3 is 10.1 Å². The summed E-state index contributed by atoms with van der Waals surface area (Å²) in [6.45, 7) is 3.60. The van der Waals surface area contributed by atoms with Crippen LogP contribution in [0.25, 0.3) is 0 Å². The molecule has 1 amide bonds. The lowest BCUT2D eigenvalue weighted by atomic mass is 10.1. The fourth-order valence-electron chi connectivity index (χ4n) is 2.11. The van der Waals surface area contributed by atoms with Crippen LogP contribution in [0.15, 0.2) is 53.4 Å². The molecule has 0 radical (unpaired) electrons. The molecule has 24 heavy (non-hydrogen) atoms. The maximum absolute atomic E-state index is 12.0. The molecule has 1 unspecified atom stereocenters. The van der Waals surface area contributed by atoms with Crippen LogP contribution in [0.3, 0.4) is 0 Å². The van der Waals surface area contributed by atoms with E-state index in [4.69, 9.17) is 9.88 Å². The lowest BCUT2D eigenvalue weighted by Crippen LogP contribution is -2.31. The van der Waals surface area contributed by atoms with Gasteiger partial charge in [0.1, 0.15) is 5.75 Å². The van der Waals surface area contributed by atoms with Crippen LogP contribution >= 0.6 is 0 Å². The number of sulfonamides is 1. The van der Waals surface area contributed by atoms with Gasteiger partial charge in [-0.15, -0.1) is 0 Å². The summed E-state index contributed by atoms with van der Waals surface area (Å²) in [5, 5.41) is 7.87. The molecule has 2 rings (SSSR count). The first kappa shape index (κ1) is 18.0. The Labute approximate surface area is 141 Å². The molecule has 0 saturated heterocycles. The van der Waals surface area contributed by atoms with E-state index in [-0.39, 0.29) is 23.5 Å². The number of nitrogens with two attached hydrogens (primary N) is 1. The van der Waals surface area contributed by atoms with Crippen molar-refractivity contribution in [2.24, 2.45) is 5.14 Å². The summed E-state index contributed by atoms with van der Waals surface area (Å²) in [6.07, 6.45) is 0. The fourth-order valence-corrected chi connectivity index (χ4v) is 2.68. The number of carbonyl (C=O) groups excluding carboxylic acids is 1. The van der Waals surface area contributed by atoms with Crippen molar-refractivity contribution in [1.82, 2.24) is 5.32 Å². The lowest BCUT2D eigenvalue weighted by Gasteiger charge is -2.15. The van der Waals surface area contributed by atoms with Gasteiger partial charge >= 0.3 is 0 Å². The Morgan fingerprint density at radius 3 is 2.50 bits per heavy atom. The summed E-state index contributed by atoms with van der Waals surface area (Å²) in [7, 11) is -3.77. The van der Waals surface area contributed by atoms with Gasteiger partial charge in [0.05, 0.1) is 10.9 Å². The Bertz CT molecular complexity index is 817. The first-order valence-corrected chi connectivity index (χ1v) is 8.92. The van der Waals surface area contributed by atoms with Gasteiger partial charge in [0.15, 0.2) is 6.61 Å². The van der Waals surface area contributed by atoms with E-state index in [1.807, 2.05) is 19.1 Å². The van der Waals surface area contributed by atoms with Gasteiger partial charge in [0.2, 0.25) is 10.0 Å². The van der Waals surface area contributed by atoms with E-state index in [1.165, 1.54) is 12.1 Å². The van der Waals surface area contributed by atoms with E-state index in [1.54, 1.807) is 31.2 Å². The second-order valence-electron chi connectivity index (χ2n) is 5.51. The molecule has 128 valence electrons. The molecule has 2 aromatic carbocycles. The van der Waals surface area contributed by atoms with E-state index in [2.05, 4.69) is 5.32 Å². The van der Waals surface area contributed by atoms with Gasteiger partial charge in [0.25, 0.3) is 5.91 Å². The smallest absolute Gasteiger partial charge is 0.258 e. The molecule has 0 saturated carbocycles. The molecule has 0 bridgehead atoms. The summed E-state index contributed by atoms with van der Waals surface area (Å²) in [4.78, 5) is 12.0. The van der Waals surface area contributed by atoms with Crippen LogP contribution in [0.5, 0.6) is 5.75 Å². The van der Waals surface area contributed by atoms with Crippen LogP contribution in [0.1, 0.15) is 24.1 Å². The second kappa shape index (κ2) is 7.46. The van der Waals surface area contributed by atoms with Gasteiger partial charge in [-0.1, -0.05) is 29.8 Å². The maximum Gasteiger partial charge on any atom is 0.258 e. The summed E-state index contributed by atoms with van der Waals surface area (Å²) in [5.74, 6) is 0.309. The maximum atomic E-state index is 12.0. The normalized spacial score (nSPS) is 12.5. The average molecular weight is 348 g/mol. The Morgan fingerprint density at radius 2 is 1.88 bits per heavy atom. The molecular weight excluding hydrogens is 328 g/mol. The van der Waals surface area contributed by atoms with Crippen molar-refractivity contribution in [2.45, 2.75) is 24.8 Å². The van der Waals surface area contributed by atoms with Crippen molar-refractivity contribution in [3.8, 4) is 5.75 Å². The fraction of sp³-hybridized carbons (Fsp3) is 0.235. The predicted molar refractivity (Wildman–Crippen MR) is 91.0 cm³/mol. The van der Waals surface area contributed by atoms with E-state index < -0.39 is 10.0 Å². The van der Waals surface area contributed by atoms with Gasteiger partial charge in [-0.05, 0) is 43.7 Å². The van der Waals surface area contributed by atoms with Crippen LogP contribution in [-0.4, -0.2) is 20.9 Å². The number of hydrogen-bond donors (Lipinski definition) is 2. The molecule has 6 nitrogen and oxygen atoms in total. The first-order valence-electron chi connectivity index (χ1n) is 7.37. The van der Waals surface area contributed by atoms with Crippen LogP contribution in [0.4, 0.5) is 0 Å². The minimum atomic E-state index is -3.77. The van der Waals surface area contributed by atoms with E-state index in [0.717, 1.165) is 5.56 Å². The highest BCUT2D eigenvalue weighted by molar-refractivity contribution is 7.89. The zero-order valence-electron chi connectivity index (χ0n) is 13.5. The number of hydrogen-bond acceptors (Lipinski definition) is 4. The first-order chi connectivity index (χ1) is 11.3. The highest BCUT2D eigenvalue weighted by Gasteiger charge is 2.13. The number of benzene rings is 2. The Morgan fingerprint density at radius 1 is 1.21 bits per heavy atom. The van der Waals surface area contributed by atoms with Crippen LogP contribution in [0, 0.1) is 6.92 Å². The minimum absolute atomic E-state index is 0.0111.